The molecule has 0 bridgehead atoms. The maximum atomic E-state index is 14.6. The molecule has 2 aromatic carbocycles. The van der Waals surface area contributed by atoms with Gasteiger partial charge in [-0.2, -0.15) is 13.2 Å². The van der Waals surface area contributed by atoms with E-state index in [4.69, 9.17) is 16.3 Å². The van der Waals surface area contributed by atoms with Gasteiger partial charge in [-0.15, -0.1) is 0 Å². The van der Waals surface area contributed by atoms with Crippen molar-refractivity contribution < 1.29 is 50.5 Å². The van der Waals surface area contributed by atoms with Crippen molar-refractivity contribution in [2.24, 2.45) is 22.7 Å². The lowest BCUT2D eigenvalue weighted by molar-refractivity contribution is -0.141. The highest BCUT2D eigenvalue weighted by molar-refractivity contribution is 7.99. The van der Waals surface area contributed by atoms with Crippen LogP contribution in [0.1, 0.15) is 82.9 Å². The first kappa shape index (κ1) is 40.9. The standard InChI is InChI=1S/C39H44ClF4N5O7S/c1-36(2,3)30(45-22-10-11-28(41)25(14-22)39(42,43)44)32(51)49-18-23(56-35(54)48-17-21-6-5-7-27(40)24(21)19-48)15-29(49)31(50)46-38(16-26(38)20-8-9-20)33(52)47-57(55)34(53)37(4)12-13-37/h5-7,10-11,14,20,23,26,29-30,45H,8-9,12-13,15-19H2,1-4H3,(H,46,50)(H,47,52)/t23-,26?,29+,30-,38-,57?/m1/s1. The number of hydrogen-bond donors (Lipinski definition) is 3. The molecule has 2 heterocycles. The van der Waals surface area contributed by atoms with Gasteiger partial charge in [0.2, 0.25) is 16.9 Å². The van der Waals surface area contributed by atoms with Gasteiger partial charge >= 0.3 is 12.3 Å². The predicted molar refractivity (Wildman–Crippen MR) is 200 cm³/mol. The van der Waals surface area contributed by atoms with Crippen LogP contribution < -0.4 is 15.4 Å². The van der Waals surface area contributed by atoms with E-state index in [1.54, 1.807) is 39.8 Å². The number of halogens is 5. The molecule has 2 aliphatic heterocycles. The number of benzene rings is 2. The van der Waals surface area contributed by atoms with Crippen molar-refractivity contribution >= 4 is 57.2 Å². The van der Waals surface area contributed by atoms with Crippen LogP contribution in [0.3, 0.4) is 0 Å². The van der Waals surface area contributed by atoms with Crippen molar-refractivity contribution in [3.63, 3.8) is 0 Å². The summed E-state index contributed by atoms with van der Waals surface area (Å²) in [7, 11) is -2.35. The van der Waals surface area contributed by atoms with Crippen molar-refractivity contribution in [1.29, 1.82) is 0 Å². The second-order valence-corrected chi connectivity index (χ2v) is 18.8. The quantitative estimate of drug-likeness (QED) is 0.267. The van der Waals surface area contributed by atoms with Gasteiger partial charge in [0.1, 0.15) is 29.5 Å². The first-order valence-electron chi connectivity index (χ1n) is 18.9. The molecular formula is C39H44ClF4N5O7S. The van der Waals surface area contributed by atoms with Gasteiger partial charge in [-0.3, -0.25) is 28.8 Å². The monoisotopic (exact) mass is 837 g/mol. The van der Waals surface area contributed by atoms with E-state index in [0.717, 1.165) is 30.0 Å². The van der Waals surface area contributed by atoms with Crippen LogP contribution in [0.2, 0.25) is 5.02 Å². The van der Waals surface area contributed by atoms with Crippen molar-refractivity contribution in [2.75, 3.05) is 11.9 Å². The van der Waals surface area contributed by atoms with Crippen LogP contribution in [-0.2, 0) is 54.2 Å². The average molecular weight is 838 g/mol. The number of nitrogens with one attached hydrogen (secondary N) is 3. The number of fused-ring (bicyclic) bond motifs is 1. The van der Waals surface area contributed by atoms with Gasteiger partial charge in [0.25, 0.3) is 5.91 Å². The van der Waals surface area contributed by atoms with E-state index in [9.17, 15) is 45.7 Å². The molecule has 4 fully saturated rings. The van der Waals surface area contributed by atoms with Crippen LogP contribution in [-0.4, -0.2) is 73.2 Å². The number of likely N-dealkylation sites (tertiary alicyclic amines) is 1. The third kappa shape index (κ3) is 8.23. The van der Waals surface area contributed by atoms with E-state index >= 15 is 0 Å². The van der Waals surface area contributed by atoms with E-state index in [0.29, 0.717) is 30.0 Å². The first-order valence-corrected chi connectivity index (χ1v) is 20.4. The van der Waals surface area contributed by atoms with E-state index in [1.165, 1.54) is 9.80 Å². The lowest BCUT2D eigenvalue weighted by atomic mass is 9.85. The Kier molecular flexibility index (Phi) is 10.4. The summed E-state index contributed by atoms with van der Waals surface area (Å²) < 4.78 is 76.3. The molecule has 3 aliphatic carbocycles. The van der Waals surface area contributed by atoms with E-state index in [2.05, 4.69) is 15.4 Å². The summed E-state index contributed by atoms with van der Waals surface area (Å²) in [6.45, 7) is 6.74. The van der Waals surface area contributed by atoms with E-state index < -0.39 is 92.0 Å². The zero-order valence-electron chi connectivity index (χ0n) is 31.8. The number of anilines is 1. The van der Waals surface area contributed by atoms with Crippen LogP contribution in [0.15, 0.2) is 36.4 Å². The number of alkyl halides is 3. The molecule has 6 atom stereocenters. The number of ether oxygens (including phenoxy) is 1. The summed E-state index contributed by atoms with van der Waals surface area (Å²) >= 11 is 6.35. The summed E-state index contributed by atoms with van der Waals surface area (Å²) in [4.78, 5) is 71.7. The molecule has 0 spiro atoms. The minimum Gasteiger partial charge on any atom is -0.444 e. The number of carbonyl (C=O) groups excluding carboxylic acids is 5. The Balaban J connectivity index is 1.14. The Morgan fingerprint density at radius 1 is 1.04 bits per heavy atom. The van der Waals surface area contributed by atoms with Crippen LogP contribution >= 0.6 is 11.6 Å². The van der Waals surface area contributed by atoms with E-state index in [1.807, 2.05) is 6.07 Å². The summed E-state index contributed by atoms with van der Waals surface area (Å²) in [5, 5.41) is 5.53. The summed E-state index contributed by atoms with van der Waals surface area (Å²) in [6.07, 6.45) is -4.02. The third-order valence-electron chi connectivity index (χ3n) is 11.8. The molecule has 57 heavy (non-hydrogen) atoms. The number of rotatable bonds is 9. The summed E-state index contributed by atoms with van der Waals surface area (Å²) in [5.41, 5.74) is -3.42. The van der Waals surface area contributed by atoms with Crippen LogP contribution in [0, 0.1) is 28.5 Å². The molecular weight excluding hydrogens is 794 g/mol. The average Bonchev–Trinajstić information content (AvgIpc) is 4.09. The highest BCUT2D eigenvalue weighted by atomic mass is 35.5. The third-order valence-corrected chi connectivity index (χ3v) is 13.4. The van der Waals surface area contributed by atoms with Gasteiger partial charge < -0.3 is 20.3 Å². The molecule has 18 heteroatoms. The number of hydrogen-bond acceptors (Lipinski definition) is 8. The maximum Gasteiger partial charge on any atom is 0.419 e. The largest absolute Gasteiger partial charge is 0.444 e. The molecule has 4 amide bonds. The Morgan fingerprint density at radius 2 is 1.74 bits per heavy atom. The SMILES string of the molecule is CC1(C(=O)S(=O)NC(=O)[C@@]2(NC(=O)[C@@H]3C[C@@H](OC(=O)N4Cc5cccc(Cl)c5C4)CN3C(=O)[C@@H](Nc3ccc(F)c(C(F)(F)F)c3)C(C)(C)C)CC2C2CC2)CC1. The molecule has 3 N–H and O–H groups in total. The van der Waals surface area contributed by atoms with Gasteiger partial charge in [-0.25, -0.2) is 13.4 Å². The maximum absolute atomic E-state index is 14.6. The molecule has 7 rings (SSSR count). The van der Waals surface area contributed by atoms with Crippen molar-refractivity contribution in [2.45, 2.75) is 109 Å². The molecule has 0 aromatic heterocycles. The molecule has 308 valence electrons. The topological polar surface area (TPSA) is 154 Å². The summed E-state index contributed by atoms with van der Waals surface area (Å²) in [6, 6.07) is 4.97. The number of carbonyl (C=O) groups is 5. The Hall–Kier alpha value is -4.25. The van der Waals surface area contributed by atoms with Gasteiger partial charge in [0.05, 0.1) is 18.7 Å². The molecule has 1 saturated heterocycles. The summed E-state index contributed by atoms with van der Waals surface area (Å²) in [5.74, 6) is -3.95. The van der Waals surface area contributed by atoms with Crippen molar-refractivity contribution in [3.05, 3.63) is 63.9 Å². The predicted octanol–water partition coefficient (Wildman–Crippen LogP) is 5.84. The smallest absolute Gasteiger partial charge is 0.419 e. The lowest BCUT2D eigenvalue weighted by Crippen LogP contribution is -2.58. The van der Waals surface area contributed by atoms with Crippen molar-refractivity contribution in [1.82, 2.24) is 19.8 Å². The minimum absolute atomic E-state index is 0.112. The fraction of sp³-hybridized carbons (Fsp3) is 0.564. The Labute approximate surface area is 334 Å². The van der Waals surface area contributed by atoms with Gasteiger partial charge in [-0.05, 0) is 84.7 Å². The zero-order chi connectivity index (χ0) is 41.4. The number of amides is 4. The van der Waals surface area contributed by atoms with Gasteiger partial charge in [0, 0.05) is 29.1 Å². The molecule has 5 aliphatic rings. The van der Waals surface area contributed by atoms with Crippen LogP contribution in [0.25, 0.3) is 0 Å². The normalized spacial score (nSPS) is 25.9. The zero-order valence-corrected chi connectivity index (χ0v) is 33.3. The molecule has 12 nitrogen and oxygen atoms in total. The minimum atomic E-state index is -5.01. The number of nitrogens with zero attached hydrogens (tertiary/aromatic N) is 2. The Bertz CT molecular complexity index is 2050. The second kappa shape index (κ2) is 14.5. The molecule has 3 saturated carbocycles. The van der Waals surface area contributed by atoms with Crippen LogP contribution in [0.4, 0.5) is 28.0 Å². The van der Waals surface area contributed by atoms with Crippen LogP contribution in [0.5, 0.6) is 0 Å². The highest BCUT2D eigenvalue weighted by Crippen LogP contribution is 2.57. The van der Waals surface area contributed by atoms with E-state index in [-0.39, 0.29) is 50.0 Å². The van der Waals surface area contributed by atoms with Gasteiger partial charge in [0.15, 0.2) is 11.0 Å². The van der Waals surface area contributed by atoms with Crippen molar-refractivity contribution in [3.8, 4) is 0 Å². The lowest BCUT2D eigenvalue weighted by Gasteiger charge is -2.36. The second-order valence-electron chi connectivity index (χ2n) is 17.3. The Morgan fingerprint density at radius 3 is 2.35 bits per heavy atom. The fourth-order valence-corrected chi connectivity index (χ4v) is 9.22. The highest BCUT2D eigenvalue weighted by Gasteiger charge is 2.67. The molecule has 2 aromatic rings. The molecule has 2 unspecified atom stereocenters. The van der Waals surface area contributed by atoms with Gasteiger partial charge in [-0.1, -0.05) is 51.4 Å². The first-order chi connectivity index (χ1) is 26.6. The molecule has 0 radical (unpaired) electrons. The fourth-order valence-electron chi connectivity index (χ4n) is 7.87.